The fourth-order valence-corrected chi connectivity index (χ4v) is 3.38. The third-order valence-corrected chi connectivity index (χ3v) is 4.81. The molecule has 1 N–H and O–H groups in total. The number of likely N-dealkylation sites (N-methyl/N-ethyl adjacent to an activating group) is 1. The number of rotatable bonds is 6. The van der Waals surface area contributed by atoms with Crippen LogP contribution in [0.3, 0.4) is 0 Å². The first-order valence-corrected chi connectivity index (χ1v) is 9.38. The van der Waals surface area contributed by atoms with Gasteiger partial charge in [-0.15, -0.1) is 0 Å². The maximum Gasteiger partial charge on any atom is 0.228 e. The number of anilines is 1. The molecule has 0 spiro atoms. The van der Waals surface area contributed by atoms with E-state index in [0.29, 0.717) is 30.5 Å². The third kappa shape index (κ3) is 4.72. The molecule has 0 aromatic carbocycles. The number of fused-ring (bicyclic) bond motifs is 1. The molecule has 3 heterocycles. The normalized spacial score (nSPS) is 15.6. The number of nitrogens with zero attached hydrogens (tertiary/aromatic N) is 4. The fourth-order valence-electron chi connectivity index (χ4n) is 3.38. The van der Waals surface area contributed by atoms with Gasteiger partial charge >= 0.3 is 0 Å². The number of amides is 1. The minimum absolute atomic E-state index is 0.0578. The van der Waals surface area contributed by atoms with Crippen molar-refractivity contribution in [1.82, 2.24) is 19.9 Å². The molecule has 1 aliphatic heterocycles. The van der Waals surface area contributed by atoms with Crippen LogP contribution in [0, 0.1) is 13.8 Å². The molecule has 1 amide bonds. The van der Waals surface area contributed by atoms with E-state index in [2.05, 4.69) is 26.3 Å². The minimum Gasteiger partial charge on any atom is -0.481 e. The molecule has 0 unspecified atom stereocenters. The molecule has 1 aliphatic rings. The quantitative estimate of drug-likeness (QED) is 0.842. The van der Waals surface area contributed by atoms with Gasteiger partial charge in [0.2, 0.25) is 11.8 Å². The van der Waals surface area contributed by atoms with Crippen LogP contribution >= 0.6 is 0 Å². The van der Waals surface area contributed by atoms with Gasteiger partial charge < -0.3 is 15.0 Å². The number of methoxy groups -OCH3 is 1. The maximum absolute atomic E-state index is 12.8. The Balaban J connectivity index is 1.65. The molecule has 0 radical (unpaired) electrons. The van der Waals surface area contributed by atoms with Gasteiger partial charge in [-0.25, -0.2) is 9.97 Å². The molecule has 7 nitrogen and oxygen atoms in total. The summed E-state index contributed by atoms with van der Waals surface area (Å²) in [5.74, 6) is 2.10. The Morgan fingerprint density at radius 1 is 1.30 bits per heavy atom. The van der Waals surface area contributed by atoms with Crippen molar-refractivity contribution >= 4 is 11.7 Å². The Morgan fingerprint density at radius 2 is 2.11 bits per heavy atom. The predicted molar refractivity (Wildman–Crippen MR) is 104 cm³/mol. The molecule has 0 aliphatic carbocycles. The minimum atomic E-state index is 0.0578. The van der Waals surface area contributed by atoms with Crippen LogP contribution in [0.15, 0.2) is 18.2 Å². The van der Waals surface area contributed by atoms with Crippen LogP contribution in [0.1, 0.15) is 36.1 Å². The summed E-state index contributed by atoms with van der Waals surface area (Å²) in [4.78, 5) is 27.8. The highest BCUT2D eigenvalue weighted by atomic mass is 16.5. The number of carbonyl (C=O) groups is 1. The van der Waals surface area contributed by atoms with E-state index in [1.165, 1.54) is 5.56 Å². The van der Waals surface area contributed by atoms with Crippen LogP contribution in [0.25, 0.3) is 0 Å². The highest BCUT2D eigenvalue weighted by Gasteiger charge is 2.23. The summed E-state index contributed by atoms with van der Waals surface area (Å²) in [7, 11) is 1.56. The van der Waals surface area contributed by atoms with Crippen molar-refractivity contribution in [3.8, 4) is 5.88 Å². The summed E-state index contributed by atoms with van der Waals surface area (Å²) >= 11 is 0. The molecule has 1 atom stereocenters. The van der Waals surface area contributed by atoms with Crippen molar-refractivity contribution in [3.05, 3.63) is 41.0 Å². The highest BCUT2D eigenvalue weighted by molar-refractivity contribution is 5.78. The molecular weight excluding hydrogens is 342 g/mol. The summed E-state index contributed by atoms with van der Waals surface area (Å²) < 4.78 is 5.18. The average molecular weight is 369 g/mol. The molecule has 2 aromatic heterocycles. The van der Waals surface area contributed by atoms with Crippen molar-refractivity contribution in [1.29, 1.82) is 0 Å². The van der Waals surface area contributed by atoms with E-state index in [4.69, 9.17) is 4.74 Å². The summed E-state index contributed by atoms with van der Waals surface area (Å²) in [5.41, 5.74) is 2.93. The van der Waals surface area contributed by atoms with Gasteiger partial charge in [0.25, 0.3) is 0 Å². The van der Waals surface area contributed by atoms with Crippen molar-refractivity contribution < 1.29 is 9.53 Å². The Kier molecular flexibility index (Phi) is 5.88. The van der Waals surface area contributed by atoms with Gasteiger partial charge in [-0.1, -0.05) is 6.07 Å². The van der Waals surface area contributed by atoms with Gasteiger partial charge in [0.05, 0.1) is 19.2 Å². The van der Waals surface area contributed by atoms with Gasteiger partial charge in [0, 0.05) is 30.9 Å². The predicted octanol–water partition coefficient (Wildman–Crippen LogP) is 2.31. The van der Waals surface area contributed by atoms with Crippen molar-refractivity contribution in [2.45, 2.75) is 46.1 Å². The second-order valence-corrected chi connectivity index (χ2v) is 6.90. The average Bonchev–Trinajstić information content (AvgIpc) is 2.65. The van der Waals surface area contributed by atoms with Gasteiger partial charge in [-0.3, -0.25) is 4.79 Å². The lowest BCUT2D eigenvalue weighted by molar-refractivity contribution is -0.130. The van der Waals surface area contributed by atoms with E-state index < -0.39 is 0 Å². The summed E-state index contributed by atoms with van der Waals surface area (Å²) in [5, 5.41) is 3.50. The zero-order valence-corrected chi connectivity index (χ0v) is 16.5. The molecule has 0 bridgehead atoms. The van der Waals surface area contributed by atoms with Gasteiger partial charge in [-0.2, -0.15) is 4.98 Å². The molecule has 2 aromatic rings. The summed E-state index contributed by atoms with van der Waals surface area (Å²) in [6.45, 7) is 7.11. The Labute approximate surface area is 160 Å². The van der Waals surface area contributed by atoms with E-state index in [-0.39, 0.29) is 18.4 Å². The summed E-state index contributed by atoms with van der Waals surface area (Å²) in [6, 6.07) is 6.10. The Bertz CT molecular complexity index is 824. The Morgan fingerprint density at radius 3 is 2.85 bits per heavy atom. The number of aryl methyl sites for hydroxylation is 3. The maximum atomic E-state index is 12.8. The second kappa shape index (κ2) is 8.33. The van der Waals surface area contributed by atoms with Gasteiger partial charge in [-0.05, 0) is 45.2 Å². The topological polar surface area (TPSA) is 80.2 Å². The first kappa shape index (κ1) is 19.1. The van der Waals surface area contributed by atoms with Crippen LogP contribution in [-0.4, -0.2) is 52.0 Å². The SMILES string of the molecule is CCN(C[C@H]1CCc2ccc(C)nc2N1)C(=O)Cc1cc(OC)nc(C)n1. The largest absolute Gasteiger partial charge is 0.481 e. The number of pyridine rings is 1. The standard InChI is InChI=1S/C20H27N5O2/c1-5-25(19(26)11-17-10-18(27-4)23-14(3)22-17)12-16-9-8-15-7-6-13(2)21-20(15)24-16/h6-7,10,16H,5,8-9,11-12H2,1-4H3,(H,21,24)/t16-/m1/s1. The summed E-state index contributed by atoms with van der Waals surface area (Å²) in [6.07, 6.45) is 2.21. The number of nitrogens with one attached hydrogen (secondary N) is 1. The fraction of sp³-hybridized carbons (Fsp3) is 0.500. The molecular formula is C20H27N5O2. The van der Waals surface area contributed by atoms with Crippen LogP contribution in [-0.2, 0) is 17.6 Å². The molecule has 0 saturated carbocycles. The number of hydrogen-bond acceptors (Lipinski definition) is 6. The highest BCUT2D eigenvalue weighted by Crippen LogP contribution is 2.23. The van der Waals surface area contributed by atoms with E-state index in [9.17, 15) is 4.79 Å². The van der Waals surface area contributed by atoms with E-state index in [0.717, 1.165) is 24.4 Å². The molecule has 0 fully saturated rings. The molecule has 27 heavy (non-hydrogen) atoms. The number of aromatic nitrogens is 3. The first-order valence-electron chi connectivity index (χ1n) is 9.38. The van der Waals surface area contributed by atoms with Crippen LogP contribution in [0.2, 0.25) is 0 Å². The lowest BCUT2D eigenvalue weighted by atomic mass is 10.00. The van der Waals surface area contributed by atoms with Gasteiger partial charge in [0.1, 0.15) is 11.6 Å². The molecule has 3 rings (SSSR count). The van der Waals surface area contributed by atoms with E-state index >= 15 is 0 Å². The zero-order chi connectivity index (χ0) is 19.4. The van der Waals surface area contributed by atoms with Crippen LogP contribution in [0.4, 0.5) is 5.82 Å². The number of ether oxygens (including phenoxy) is 1. The Hall–Kier alpha value is -2.70. The molecule has 144 valence electrons. The van der Waals surface area contributed by atoms with Crippen LogP contribution in [0.5, 0.6) is 5.88 Å². The number of carbonyl (C=O) groups excluding carboxylic acids is 1. The van der Waals surface area contributed by atoms with Crippen molar-refractivity contribution in [2.75, 3.05) is 25.5 Å². The van der Waals surface area contributed by atoms with Gasteiger partial charge in [0.15, 0.2) is 0 Å². The van der Waals surface area contributed by atoms with Crippen molar-refractivity contribution in [3.63, 3.8) is 0 Å². The van der Waals surface area contributed by atoms with Crippen molar-refractivity contribution in [2.24, 2.45) is 0 Å². The lowest BCUT2D eigenvalue weighted by Gasteiger charge is -2.31. The lowest BCUT2D eigenvalue weighted by Crippen LogP contribution is -2.42. The van der Waals surface area contributed by atoms with E-state index in [1.807, 2.05) is 24.8 Å². The second-order valence-electron chi connectivity index (χ2n) is 6.90. The third-order valence-electron chi connectivity index (χ3n) is 4.81. The smallest absolute Gasteiger partial charge is 0.228 e. The van der Waals surface area contributed by atoms with E-state index in [1.54, 1.807) is 20.1 Å². The monoisotopic (exact) mass is 369 g/mol. The van der Waals surface area contributed by atoms with Crippen LogP contribution < -0.4 is 10.1 Å². The molecule has 0 saturated heterocycles. The number of hydrogen-bond donors (Lipinski definition) is 1. The first-order chi connectivity index (χ1) is 13.0. The molecule has 7 heteroatoms. The zero-order valence-electron chi connectivity index (χ0n) is 16.5.